The first-order valence-corrected chi connectivity index (χ1v) is 6.55. The number of carbonyl (C=O) groups is 1. The minimum absolute atomic E-state index is 0.00150. The summed E-state index contributed by atoms with van der Waals surface area (Å²) in [6.07, 6.45) is 0. The second-order valence-electron chi connectivity index (χ2n) is 4.28. The minimum atomic E-state index is -0.126. The van der Waals surface area contributed by atoms with Crippen molar-refractivity contribution < 1.29 is 14.3 Å². The molecule has 0 aliphatic carbocycles. The maximum atomic E-state index is 11.5. The number of rotatable bonds is 6. The molecule has 0 heterocycles. The fourth-order valence-corrected chi connectivity index (χ4v) is 1.59. The molecule has 1 aromatic carbocycles. The Morgan fingerprint density at radius 1 is 1.44 bits per heavy atom. The van der Waals surface area contributed by atoms with E-state index in [0.717, 1.165) is 4.47 Å². The number of amides is 1. The van der Waals surface area contributed by atoms with Gasteiger partial charge in [-0.25, -0.2) is 0 Å². The third-order valence-electron chi connectivity index (χ3n) is 2.20. The van der Waals surface area contributed by atoms with Crippen LogP contribution in [-0.4, -0.2) is 26.2 Å². The highest BCUT2D eigenvalue weighted by Crippen LogP contribution is 2.29. The predicted molar refractivity (Wildman–Crippen MR) is 74.0 cm³/mol. The zero-order valence-corrected chi connectivity index (χ0v) is 12.4. The first-order chi connectivity index (χ1) is 8.52. The molecule has 1 amide bonds. The summed E-state index contributed by atoms with van der Waals surface area (Å²) in [7, 11) is 1.59. The monoisotopic (exact) mass is 315 g/mol. The van der Waals surface area contributed by atoms with Crippen molar-refractivity contribution >= 4 is 21.8 Å². The third-order valence-corrected chi connectivity index (χ3v) is 2.86. The van der Waals surface area contributed by atoms with Crippen LogP contribution in [0.4, 0.5) is 0 Å². The molecule has 0 aromatic heterocycles. The van der Waals surface area contributed by atoms with Crippen molar-refractivity contribution in [2.75, 3.05) is 20.3 Å². The van der Waals surface area contributed by atoms with E-state index in [0.29, 0.717) is 24.0 Å². The van der Waals surface area contributed by atoms with Crippen LogP contribution in [0, 0.1) is 5.92 Å². The van der Waals surface area contributed by atoms with Gasteiger partial charge in [-0.1, -0.05) is 13.8 Å². The van der Waals surface area contributed by atoms with Crippen molar-refractivity contribution in [1.29, 1.82) is 0 Å². The number of carbonyl (C=O) groups excluding carboxylic acids is 1. The number of hydrogen-bond acceptors (Lipinski definition) is 3. The molecule has 0 unspecified atom stereocenters. The van der Waals surface area contributed by atoms with Crippen LogP contribution in [0.25, 0.3) is 0 Å². The lowest BCUT2D eigenvalue weighted by Gasteiger charge is -2.11. The van der Waals surface area contributed by atoms with Crippen LogP contribution in [-0.2, 0) is 4.79 Å². The first kappa shape index (κ1) is 14.8. The molecule has 1 rings (SSSR count). The first-order valence-electron chi connectivity index (χ1n) is 5.76. The van der Waals surface area contributed by atoms with Gasteiger partial charge in [-0.3, -0.25) is 4.79 Å². The molecule has 0 radical (unpaired) electrons. The number of nitrogens with one attached hydrogen (secondary N) is 1. The molecule has 0 fully saturated rings. The van der Waals surface area contributed by atoms with Crippen LogP contribution in [0.15, 0.2) is 22.7 Å². The van der Waals surface area contributed by atoms with Crippen LogP contribution >= 0.6 is 15.9 Å². The van der Waals surface area contributed by atoms with Crippen LogP contribution in [0.2, 0.25) is 0 Å². The van der Waals surface area contributed by atoms with Gasteiger partial charge in [0.15, 0.2) is 6.61 Å². The summed E-state index contributed by atoms with van der Waals surface area (Å²) in [5, 5.41) is 2.79. The lowest BCUT2D eigenvalue weighted by Crippen LogP contribution is -2.31. The van der Waals surface area contributed by atoms with Crippen molar-refractivity contribution in [3.8, 4) is 11.5 Å². The lowest BCUT2D eigenvalue weighted by atomic mass is 10.2. The number of hydrogen-bond donors (Lipinski definition) is 1. The van der Waals surface area contributed by atoms with E-state index in [9.17, 15) is 4.79 Å². The van der Waals surface area contributed by atoms with Crippen LogP contribution in [0.3, 0.4) is 0 Å². The second kappa shape index (κ2) is 7.26. The van der Waals surface area contributed by atoms with Crippen molar-refractivity contribution in [1.82, 2.24) is 5.32 Å². The SMILES string of the molecule is COc1ccc(Br)c(OCC(=O)NCC(C)C)c1. The van der Waals surface area contributed by atoms with E-state index < -0.39 is 0 Å². The van der Waals surface area contributed by atoms with Crippen LogP contribution < -0.4 is 14.8 Å². The molecule has 1 aromatic rings. The normalized spacial score (nSPS) is 10.3. The number of halogens is 1. The zero-order valence-electron chi connectivity index (χ0n) is 10.8. The standard InChI is InChI=1S/C13H18BrNO3/c1-9(2)7-15-13(16)8-18-12-6-10(17-3)4-5-11(12)14/h4-6,9H,7-8H2,1-3H3,(H,15,16). The smallest absolute Gasteiger partial charge is 0.257 e. The molecule has 0 atom stereocenters. The minimum Gasteiger partial charge on any atom is -0.497 e. The number of benzene rings is 1. The molecule has 0 aliphatic heterocycles. The fraction of sp³-hybridized carbons (Fsp3) is 0.462. The van der Waals surface area contributed by atoms with Crippen molar-refractivity contribution in [3.05, 3.63) is 22.7 Å². The highest BCUT2D eigenvalue weighted by Gasteiger charge is 2.07. The largest absolute Gasteiger partial charge is 0.497 e. The maximum Gasteiger partial charge on any atom is 0.257 e. The molecule has 1 N–H and O–H groups in total. The van der Waals surface area contributed by atoms with E-state index in [4.69, 9.17) is 9.47 Å². The lowest BCUT2D eigenvalue weighted by molar-refractivity contribution is -0.123. The molecular formula is C13H18BrNO3. The van der Waals surface area contributed by atoms with Crippen molar-refractivity contribution in [2.24, 2.45) is 5.92 Å². The molecule has 100 valence electrons. The van der Waals surface area contributed by atoms with E-state index >= 15 is 0 Å². The molecule has 5 heteroatoms. The quantitative estimate of drug-likeness (QED) is 0.877. The Bertz CT molecular complexity index is 407. The summed E-state index contributed by atoms with van der Waals surface area (Å²) >= 11 is 3.36. The van der Waals surface area contributed by atoms with Gasteiger partial charge in [0, 0.05) is 12.6 Å². The van der Waals surface area contributed by atoms with Crippen molar-refractivity contribution in [3.63, 3.8) is 0 Å². The predicted octanol–water partition coefficient (Wildman–Crippen LogP) is 2.61. The van der Waals surface area contributed by atoms with Gasteiger partial charge in [0.2, 0.25) is 0 Å². The van der Waals surface area contributed by atoms with Gasteiger partial charge in [-0.15, -0.1) is 0 Å². The summed E-state index contributed by atoms with van der Waals surface area (Å²) < 4.78 is 11.3. The molecule has 0 saturated heterocycles. The van der Waals surface area contributed by atoms with Crippen LogP contribution in [0.1, 0.15) is 13.8 Å². The van der Waals surface area contributed by atoms with E-state index in [1.165, 1.54) is 0 Å². The average Bonchev–Trinajstić information content (AvgIpc) is 2.35. The summed E-state index contributed by atoms with van der Waals surface area (Å²) in [6.45, 7) is 4.74. The fourth-order valence-electron chi connectivity index (χ4n) is 1.23. The molecular weight excluding hydrogens is 298 g/mol. The molecule has 0 saturated carbocycles. The van der Waals surface area contributed by atoms with E-state index in [-0.39, 0.29) is 12.5 Å². The Morgan fingerprint density at radius 2 is 2.17 bits per heavy atom. The summed E-state index contributed by atoms with van der Waals surface area (Å²) in [5.41, 5.74) is 0. The Kier molecular flexibility index (Phi) is 5.98. The van der Waals surface area contributed by atoms with Gasteiger partial charge in [0.1, 0.15) is 11.5 Å². The van der Waals surface area contributed by atoms with Crippen molar-refractivity contribution in [2.45, 2.75) is 13.8 Å². The third kappa shape index (κ3) is 4.96. The number of methoxy groups -OCH3 is 1. The van der Waals surface area contributed by atoms with Gasteiger partial charge < -0.3 is 14.8 Å². The summed E-state index contributed by atoms with van der Waals surface area (Å²) in [4.78, 5) is 11.5. The highest BCUT2D eigenvalue weighted by atomic mass is 79.9. The second-order valence-corrected chi connectivity index (χ2v) is 5.14. The molecule has 4 nitrogen and oxygen atoms in total. The molecule has 18 heavy (non-hydrogen) atoms. The van der Waals surface area contributed by atoms with Gasteiger partial charge >= 0.3 is 0 Å². The maximum absolute atomic E-state index is 11.5. The van der Waals surface area contributed by atoms with Crippen LogP contribution in [0.5, 0.6) is 11.5 Å². The highest BCUT2D eigenvalue weighted by molar-refractivity contribution is 9.10. The zero-order chi connectivity index (χ0) is 13.5. The number of ether oxygens (including phenoxy) is 2. The van der Waals surface area contributed by atoms with E-state index in [1.54, 1.807) is 13.2 Å². The summed E-state index contributed by atoms with van der Waals surface area (Å²) in [6, 6.07) is 5.37. The average molecular weight is 316 g/mol. The Hall–Kier alpha value is -1.23. The van der Waals surface area contributed by atoms with E-state index in [1.807, 2.05) is 26.0 Å². The van der Waals surface area contributed by atoms with E-state index in [2.05, 4.69) is 21.2 Å². The Balaban J connectivity index is 2.50. The van der Waals surface area contributed by atoms with Gasteiger partial charge in [0.25, 0.3) is 5.91 Å². The molecule has 0 bridgehead atoms. The summed E-state index contributed by atoms with van der Waals surface area (Å²) in [5.74, 6) is 1.58. The van der Waals surface area contributed by atoms with Gasteiger partial charge in [-0.05, 0) is 34.0 Å². The molecule has 0 aliphatic rings. The topological polar surface area (TPSA) is 47.6 Å². The molecule has 0 spiro atoms. The Labute approximate surface area is 116 Å². The van der Waals surface area contributed by atoms with Gasteiger partial charge in [-0.2, -0.15) is 0 Å². The Morgan fingerprint density at radius 3 is 2.78 bits per heavy atom. The van der Waals surface area contributed by atoms with Gasteiger partial charge in [0.05, 0.1) is 11.6 Å².